The summed E-state index contributed by atoms with van der Waals surface area (Å²) in [5.74, 6) is 0. The molecule has 0 bridgehead atoms. The van der Waals surface area contributed by atoms with E-state index in [4.69, 9.17) is 0 Å². The molecule has 0 fully saturated rings. The van der Waals surface area contributed by atoms with E-state index in [9.17, 15) is 0 Å². The molecule has 0 saturated heterocycles. The molecule has 1 aromatic heterocycles. The quantitative estimate of drug-likeness (QED) is 0.778. The molecule has 0 amide bonds. The van der Waals surface area contributed by atoms with Gasteiger partial charge in [-0.1, -0.05) is 29.8 Å². The molecule has 1 N–H and O–H groups in total. The van der Waals surface area contributed by atoms with Crippen molar-refractivity contribution in [1.29, 1.82) is 0 Å². The van der Waals surface area contributed by atoms with Crippen LogP contribution in [0.15, 0.2) is 41.1 Å². The van der Waals surface area contributed by atoms with Crippen LogP contribution in [0.25, 0.3) is 0 Å². The van der Waals surface area contributed by atoms with Crippen LogP contribution in [0.4, 0.5) is 0 Å². The molecule has 0 aliphatic heterocycles. The minimum absolute atomic E-state index is 0.982. The van der Waals surface area contributed by atoms with Gasteiger partial charge >= 0.3 is 0 Å². The Morgan fingerprint density at radius 1 is 1.06 bits per heavy atom. The Balaban J connectivity index is 1.70. The highest BCUT2D eigenvalue weighted by Crippen LogP contribution is 2.06. The van der Waals surface area contributed by atoms with Crippen molar-refractivity contribution in [2.75, 3.05) is 6.54 Å². The van der Waals surface area contributed by atoms with E-state index in [1.807, 2.05) is 0 Å². The average molecular weight is 231 g/mol. The normalized spacial score (nSPS) is 10.6. The van der Waals surface area contributed by atoms with Crippen molar-refractivity contribution in [3.63, 3.8) is 0 Å². The van der Waals surface area contributed by atoms with Crippen LogP contribution in [0.1, 0.15) is 16.7 Å². The molecule has 2 aromatic rings. The van der Waals surface area contributed by atoms with Crippen LogP contribution in [0.3, 0.4) is 0 Å². The zero-order chi connectivity index (χ0) is 11.2. The highest BCUT2D eigenvalue weighted by Gasteiger charge is 1.94. The van der Waals surface area contributed by atoms with Crippen LogP contribution >= 0.6 is 11.3 Å². The second-order valence-electron chi connectivity index (χ2n) is 4.04. The fraction of sp³-hybridized carbons (Fsp3) is 0.286. The monoisotopic (exact) mass is 231 g/mol. The molecule has 0 aliphatic carbocycles. The van der Waals surface area contributed by atoms with Gasteiger partial charge in [-0.15, -0.1) is 0 Å². The van der Waals surface area contributed by atoms with Gasteiger partial charge in [0.15, 0.2) is 0 Å². The molecule has 1 aromatic carbocycles. The van der Waals surface area contributed by atoms with Crippen molar-refractivity contribution < 1.29 is 0 Å². The molecular weight excluding hydrogens is 214 g/mol. The van der Waals surface area contributed by atoms with Gasteiger partial charge in [0.25, 0.3) is 0 Å². The first-order chi connectivity index (χ1) is 7.84. The number of aryl methyl sites for hydroxylation is 1. The first kappa shape index (κ1) is 11.4. The number of rotatable bonds is 5. The van der Waals surface area contributed by atoms with Crippen molar-refractivity contribution in [2.24, 2.45) is 0 Å². The van der Waals surface area contributed by atoms with E-state index in [0.717, 1.165) is 19.5 Å². The lowest BCUT2D eigenvalue weighted by Gasteiger charge is -2.04. The number of hydrogen-bond acceptors (Lipinski definition) is 2. The number of thiophene rings is 1. The van der Waals surface area contributed by atoms with E-state index >= 15 is 0 Å². The predicted octanol–water partition coefficient (Wildman–Crippen LogP) is 3.39. The molecule has 16 heavy (non-hydrogen) atoms. The zero-order valence-electron chi connectivity index (χ0n) is 9.57. The van der Waals surface area contributed by atoms with Crippen LogP contribution in [-0.2, 0) is 13.0 Å². The van der Waals surface area contributed by atoms with Gasteiger partial charge in [0.1, 0.15) is 0 Å². The third kappa shape index (κ3) is 3.47. The van der Waals surface area contributed by atoms with Crippen molar-refractivity contribution in [1.82, 2.24) is 5.32 Å². The van der Waals surface area contributed by atoms with Crippen molar-refractivity contribution in [2.45, 2.75) is 19.9 Å². The molecule has 84 valence electrons. The highest BCUT2D eigenvalue weighted by molar-refractivity contribution is 7.07. The van der Waals surface area contributed by atoms with Gasteiger partial charge in [-0.2, -0.15) is 11.3 Å². The lowest BCUT2D eigenvalue weighted by atomic mass is 10.1. The third-order valence-electron chi connectivity index (χ3n) is 2.62. The maximum absolute atomic E-state index is 3.46. The van der Waals surface area contributed by atoms with Gasteiger partial charge in [-0.25, -0.2) is 0 Å². The first-order valence-corrected chi connectivity index (χ1v) is 6.56. The number of nitrogens with one attached hydrogen (secondary N) is 1. The molecule has 1 heterocycles. The Bertz CT molecular complexity index is 403. The molecular formula is C14H17NS. The minimum Gasteiger partial charge on any atom is -0.312 e. The summed E-state index contributed by atoms with van der Waals surface area (Å²) in [4.78, 5) is 0. The summed E-state index contributed by atoms with van der Waals surface area (Å²) in [5, 5.41) is 7.77. The first-order valence-electron chi connectivity index (χ1n) is 5.62. The van der Waals surface area contributed by atoms with Gasteiger partial charge in [0, 0.05) is 6.54 Å². The second-order valence-corrected chi connectivity index (χ2v) is 4.82. The van der Waals surface area contributed by atoms with Crippen molar-refractivity contribution >= 4 is 11.3 Å². The summed E-state index contributed by atoms with van der Waals surface area (Å²) in [6, 6.07) is 10.9. The van der Waals surface area contributed by atoms with Gasteiger partial charge in [-0.3, -0.25) is 0 Å². The van der Waals surface area contributed by atoms with Crippen LogP contribution in [0.5, 0.6) is 0 Å². The largest absolute Gasteiger partial charge is 0.312 e. The summed E-state index contributed by atoms with van der Waals surface area (Å²) >= 11 is 1.76. The van der Waals surface area contributed by atoms with Gasteiger partial charge < -0.3 is 5.32 Å². The van der Waals surface area contributed by atoms with E-state index < -0.39 is 0 Å². The van der Waals surface area contributed by atoms with Gasteiger partial charge in [0.05, 0.1) is 0 Å². The zero-order valence-corrected chi connectivity index (χ0v) is 10.4. The average Bonchev–Trinajstić information content (AvgIpc) is 2.80. The Kier molecular flexibility index (Phi) is 4.14. The summed E-state index contributed by atoms with van der Waals surface area (Å²) in [6.45, 7) is 4.15. The Hall–Kier alpha value is -1.12. The second kappa shape index (κ2) is 5.83. The highest BCUT2D eigenvalue weighted by atomic mass is 32.1. The lowest BCUT2D eigenvalue weighted by Crippen LogP contribution is -2.16. The predicted molar refractivity (Wildman–Crippen MR) is 70.9 cm³/mol. The van der Waals surface area contributed by atoms with Crippen LogP contribution in [0.2, 0.25) is 0 Å². The summed E-state index contributed by atoms with van der Waals surface area (Å²) in [7, 11) is 0. The minimum atomic E-state index is 0.982. The van der Waals surface area contributed by atoms with E-state index in [0.29, 0.717) is 0 Å². The van der Waals surface area contributed by atoms with E-state index in [-0.39, 0.29) is 0 Å². The Morgan fingerprint density at radius 3 is 2.56 bits per heavy atom. The fourth-order valence-electron chi connectivity index (χ4n) is 1.61. The maximum atomic E-state index is 3.46. The van der Waals surface area contributed by atoms with Crippen LogP contribution in [-0.4, -0.2) is 6.54 Å². The summed E-state index contributed by atoms with van der Waals surface area (Å²) < 4.78 is 0. The summed E-state index contributed by atoms with van der Waals surface area (Å²) in [6.07, 6.45) is 1.10. The van der Waals surface area contributed by atoms with Gasteiger partial charge in [-0.05, 0) is 47.8 Å². The van der Waals surface area contributed by atoms with Crippen molar-refractivity contribution in [3.8, 4) is 0 Å². The smallest absolute Gasteiger partial charge is 0.0213 e. The molecule has 0 atom stereocenters. The molecule has 2 heteroatoms. The topological polar surface area (TPSA) is 12.0 Å². The van der Waals surface area contributed by atoms with Crippen LogP contribution < -0.4 is 5.32 Å². The Morgan fingerprint density at radius 2 is 1.88 bits per heavy atom. The van der Waals surface area contributed by atoms with Crippen molar-refractivity contribution in [3.05, 3.63) is 57.8 Å². The van der Waals surface area contributed by atoms with Gasteiger partial charge in [0.2, 0.25) is 0 Å². The molecule has 0 radical (unpaired) electrons. The summed E-state index contributed by atoms with van der Waals surface area (Å²) in [5.41, 5.74) is 4.12. The molecule has 0 saturated carbocycles. The molecule has 0 spiro atoms. The standard InChI is InChI=1S/C14H17NS/c1-12-2-4-13(5-3-12)6-8-15-10-14-7-9-16-11-14/h2-5,7,9,11,15H,6,8,10H2,1H3. The lowest BCUT2D eigenvalue weighted by molar-refractivity contribution is 0.688. The number of hydrogen-bond donors (Lipinski definition) is 1. The third-order valence-corrected chi connectivity index (χ3v) is 3.35. The van der Waals surface area contributed by atoms with Crippen LogP contribution in [0, 0.1) is 6.92 Å². The molecule has 0 unspecified atom stereocenters. The fourth-order valence-corrected chi connectivity index (χ4v) is 2.28. The maximum Gasteiger partial charge on any atom is 0.0213 e. The van der Waals surface area contributed by atoms with E-state index in [1.165, 1.54) is 16.7 Å². The molecule has 1 nitrogen and oxygen atoms in total. The molecule has 0 aliphatic rings. The number of benzene rings is 1. The Labute approximate surface area is 101 Å². The van der Waals surface area contributed by atoms with E-state index in [1.54, 1.807) is 11.3 Å². The SMILES string of the molecule is Cc1ccc(CCNCc2ccsc2)cc1. The van der Waals surface area contributed by atoms with E-state index in [2.05, 4.69) is 53.3 Å². The molecule has 2 rings (SSSR count).